The molecule has 2 aliphatic rings. The zero-order valence-corrected chi connectivity index (χ0v) is 22.5. The highest BCUT2D eigenvalue weighted by Gasteiger charge is 2.57. The minimum absolute atomic E-state index is 0.0561. The molecule has 37 heavy (non-hydrogen) atoms. The van der Waals surface area contributed by atoms with E-state index in [9.17, 15) is 24.5 Å². The number of β-lactam (4-membered cyclic amide) rings is 1. The van der Waals surface area contributed by atoms with E-state index in [-0.39, 0.29) is 34.6 Å². The molecule has 1 fully saturated rings. The van der Waals surface area contributed by atoms with Crippen LogP contribution in [0.2, 0.25) is 0 Å². The molecule has 1 unspecified atom stereocenters. The van der Waals surface area contributed by atoms with Gasteiger partial charge >= 0.3 is 5.97 Å². The van der Waals surface area contributed by atoms with E-state index in [0.29, 0.717) is 17.0 Å². The van der Waals surface area contributed by atoms with Crippen molar-refractivity contribution in [2.75, 3.05) is 10.7 Å². The summed E-state index contributed by atoms with van der Waals surface area (Å²) < 4.78 is 5.36. The minimum atomic E-state index is -0.733. The maximum atomic E-state index is 13.5. The van der Waals surface area contributed by atoms with Crippen molar-refractivity contribution in [2.45, 2.75) is 50.5 Å². The van der Waals surface area contributed by atoms with Crippen molar-refractivity contribution in [3.05, 3.63) is 80.9 Å². The molecule has 2 heterocycles. The number of carbonyl (C=O) groups is 3. The summed E-state index contributed by atoms with van der Waals surface area (Å²) in [6.07, 6.45) is 0. The summed E-state index contributed by atoms with van der Waals surface area (Å²) in [6, 6.07) is 14.0. The van der Waals surface area contributed by atoms with E-state index in [1.54, 1.807) is 24.3 Å². The van der Waals surface area contributed by atoms with Gasteiger partial charge in [-0.2, -0.15) is 0 Å². The maximum Gasteiger partial charge on any atom is 0.356 e. The fraction of sp³-hybridized carbons (Fsp3) is 0.346. The van der Waals surface area contributed by atoms with E-state index >= 15 is 0 Å². The van der Waals surface area contributed by atoms with Crippen LogP contribution in [0, 0.1) is 10.1 Å². The van der Waals surface area contributed by atoms with Gasteiger partial charge in [0.25, 0.3) is 11.6 Å². The lowest BCUT2D eigenvalue weighted by molar-refractivity contribution is -0.384. The molecule has 0 aromatic heterocycles. The van der Waals surface area contributed by atoms with E-state index in [2.05, 4.69) is 0 Å². The number of carbonyl (C=O) groups excluding carboxylic acids is 3. The number of para-hydroxylation sites is 1. The number of thioether (sulfide) groups is 2. The van der Waals surface area contributed by atoms with Crippen LogP contribution in [0.4, 0.5) is 11.4 Å². The highest BCUT2D eigenvalue weighted by Crippen LogP contribution is 2.48. The van der Waals surface area contributed by atoms with Gasteiger partial charge in [-0.1, -0.05) is 39.0 Å². The van der Waals surface area contributed by atoms with E-state index in [0.717, 1.165) is 4.91 Å². The van der Waals surface area contributed by atoms with Crippen LogP contribution < -0.4 is 4.90 Å². The third-order valence-corrected chi connectivity index (χ3v) is 8.34. The number of benzene rings is 2. The molecule has 2 aromatic rings. The summed E-state index contributed by atoms with van der Waals surface area (Å²) in [7, 11) is 0. The van der Waals surface area contributed by atoms with Gasteiger partial charge in [-0.3, -0.25) is 29.5 Å². The topological polar surface area (TPSA) is 110 Å². The number of ether oxygens (including phenoxy) is 1. The number of anilines is 1. The smallest absolute Gasteiger partial charge is 0.356 e. The Morgan fingerprint density at radius 1 is 1.16 bits per heavy atom. The van der Waals surface area contributed by atoms with Gasteiger partial charge in [0.1, 0.15) is 23.7 Å². The quantitative estimate of drug-likeness (QED) is 0.214. The molecule has 0 spiro atoms. The van der Waals surface area contributed by atoms with Gasteiger partial charge in [-0.25, -0.2) is 4.79 Å². The second-order valence-electron chi connectivity index (χ2n) is 9.57. The Morgan fingerprint density at radius 2 is 1.81 bits per heavy atom. The Hall–Kier alpha value is -3.31. The zero-order chi connectivity index (χ0) is 26.9. The normalized spacial score (nSPS) is 19.1. The predicted octanol–water partition coefficient (Wildman–Crippen LogP) is 4.72. The van der Waals surface area contributed by atoms with Crippen LogP contribution in [0.25, 0.3) is 0 Å². The molecule has 0 saturated carbocycles. The number of nitro benzene ring substituents is 1. The maximum absolute atomic E-state index is 13.5. The van der Waals surface area contributed by atoms with Crippen LogP contribution in [0.15, 0.2) is 65.2 Å². The SMILES string of the molecule is CC(=O)N(c1ccccc1)C1C(=O)N2C(C(=O)OCc3ccc([N+](=O)[O-])cc3)=C(SC(C)(C)C)CS[C@@H]12. The average Bonchev–Trinajstić information content (AvgIpc) is 2.85. The van der Waals surface area contributed by atoms with Gasteiger partial charge in [-0.05, 0) is 29.8 Å². The molecule has 2 amide bonds. The first kappa shape index (κ1) is 26.7. The molecule has 194 valence electrons. The molecule has 0 N–H and O–H groups in total. The van der Waals surface area contributed by atoms with Crippen molar-refractivity contribution in [1.82, 2.24) is 4.90 Å². The monoisotopic (exact) mass is 541 g/mol. The first-order valence-corrected chi connectivity index (χ1v) is 13.5. The molecule has 1 saturated heterocycles. The Bertz CT molecular complexity index is 1260. The summed E-state index contributed by atoms with van der Waals surface area (Å²) >= 11 is 3.02. The van der Waals surface area contributed by atoms with Gasteiger partial charge < -0.3 is 4.74 Å². The summed E-state index contributed by atoms with van der Waals surface area (Å²) in [4.78, 5) is 53.5. The zero-order valence-electron chi connectivity index (χ0n) is 20.9. The third-order valence-electron chi connectivity index (χ3n) is 5.70. The van der Waals surface area contributed by atoms with Crippen molar-refractivity contribution in [1.29, 1.82) is 0 Å². The molecule has 0 bridgehead atoms. The summed E-state index contributed by atoms with van der Waals surface area (Å²) in [6.45, 7) is 7.39. The molecule has 0 aliphatic carbocycles. The Balaban J connectivity index is 1.60. The summed E-state index contributed by atoms with van der Waals surface area (Å²) in [5.41, 5.74) is 1.35. The Morgan fingerprint density at radius 3 is 2.38 bits per heavy atom. The molecule has 2 aromatic carbocycles. The first-order valence-electron chi connectivity index (χ1n) is 11.6. The highest BCUT2D eigenvalue weighted by atomic mass is 32.2. The van der Waals surface area contributed by atoms with Gasteiger partial charge in [0.15, 0.2) is 0 Å². The summed E-state index contributed by atoms with van der Waals surface area (Å²) in [5, 5.41) is 10.5. The number of nitro groups is 1. The molecule has 9 nitrogen and oxygen atoms in total. The van der Waals surface area contributed by atoms with Crippen molar-refractivity contribution >= 4 is 52.7 Å². The van der Waals surface area contributed by atoms with E-state index in [4.69, 9.17) is 4.74 Å². The molecule has 0 radical (unpaired) electrons. The van der Waals surface area contributed by atoms with E-state index in [1.807, 2.05) is 26.8 Å². The lowest BCUT2D eigenvalue weighted by Crippen LogP contribution is -2.71. The second-order valence-corrected chi connectivity index (χ2v) is 12.6. The number of hydrogen-bond donors (Lipinski definition) is 0. The van der Waals surface area contributed by atoms with Crippen LogP contribution in [0.1, 0.15) is 33.3 Å². The largest absolute Gasteiger partial charge is 0.456 e. The lowest BCUT2D eigenvalue weighted by Gasteiger charge is -2.53. The lowest BCUT2D eigenvalue weighted by atomic mass is 10.0. The standard InChI is InChI=1S/C26H27N3O6S2/c1-16(30)27(18-8-6-5-7-9-18)22-23(31)28-21(20(15-36-24(22)28)37-26(2,3)4)25(32)35-14-17-10-12-19(13-11-17)29(33)34/h5-13,22,24H,14-15H2,1-4H3/t22?,24-/m0/s1. The van der Waals surface area contributed by atoms with Crippen LogP contribution in [-0.2, 0) is 25.7 Å². The average molecular weight is 542 g/mol. The van der Waals surface area contributed by atoms with Gasteiger partial charge in [0, 0.05) is 40.1 Å². The Kier molecular flexibility index (Phi) is 7.65. The number of hydrogen-bond acceptors (Lipinski definition) is 8. The van der Waals surface area contributed by atoms with Crippen molar-refractivity contribution in [3.8, 4) is 0 Å². The van der Waals surface area contributed by atoms with Gasteiger partial charge in [-0.15, -0.1) is 23.5 Å². The number of non-ortho nitro benzene ring substituents is 1. The number of rotatable bonds is 7. The van der Waals surface area contributed by atoms with Crippen molar-refractivity contribution in [3.63, 3.8) is 0 Å². The first-order chi connectivity index (χ1) is 17.5. The molecule has 2 aliphatic heterocycles. The fourth-order valence-corrected chi connectivity index (χ4v) is 6.87. The van der Waals surface area contributed by atoms with Gasteiger partial charge in [0.2, 0.25) is 5.91 Å². The number of nitrogens with zero attached hydrogens (tertiary/aromatic N) is 3. The molecule has 2 atom stereocenters. The minimum Gasteiger partial charge on any atom is -0.456 e. The predicted molar refractivity (Wildman–Crippen MR) is 144 cm³/mol. The van der Waals surface area contributed by atoms with Crippen molar-refractivity contribution < 1.29 is 24.0 Å². The third kappa shape index (κ3) is 5.67. The van der Waals surface area contributed by atoms with Crippen LogP contribution in [-0.4, -0.2) is 49.5 Å². The van der Waals surface area contributed by atoms with Gasteiger partial charge in [0.05, 0.1) is 4.92 Å². The van der Waals surface area contributed by atoms with Crippen LogP contribution >= 0.6 is 23.5 Å². The molecule has 4 rings (SSSR count). The fourth-order valence-electron chi connectivity index (χ4n) is 4.17. The highest BCUT2D eigenvalue weighted by molar-refractivity contribution is 8.07. The van der Waals surface area contributed by atoms with E-state index < -0.39 is 22.3 Å². The second kappa shape index (κ2) is 10.6. The number of esters is 1. The number of amides is 2. The van der Waals surface area contributed by atoms with E-state index in [1.165, 1.54) is 64.5 Å². The Labute approximate surface area is 223 Å². The van der Waals surface area contributed by atoms with Crippen molar-refractivity contribution in [2.24, 2.45) is 0 Å². The number of fused-ring (bicyclic) bond motifs is 1. The summed E-state index contributed by atoms with van der Waals surface area (Å²) in [5.74, 6) is -0.747. The molecular weight excluding hydrogens is 514 g/mol. The molecule has 11 heteroatoms. The van der Waals surface area contributed by atoms with Crippen LogP contribution in [0.3, 0.4) is 0 Å². The molecular formula is C26H27N3O6S2. The van der Waals surface area contributed by atoms with Crippen LogP contribution in [0.5, 0.6) is 0 Å².